The van der Waals surface area contributed by atoms with Crippen LogP contribution in [0.2, 0.25) is 0 Å². The van der Waals surface area contributed by atoms with Crippen LogP contribution in [0.1, 0.15) is 46.0 Å². The summed E-state index contributed by atoms with van der Waals surface area (Å²) in [5.41, 5.74) is 5.38. The standard InChI is InChI=1S/C16H26N4O4/c1-3-9(2)13(19-15(23)10-6-7-12(21)18-10)16(24)20-8-4-5-11(20)14(17)22/h9-11,13H,3-8H2,1-2H3,(H2,17,22)(H,18,21)(H,19,23)/t9-,10-,11-,13-/m0/s1. The average molecular weight is 338 g/mol. The smallest absolute Gasteiger partial charge is 0.246 e. The predicted molar refractivity (Wildman–Crippen MR) is 86.5 cm³/mol. The van der Waals surface area contributed by atoms with Crippen molar-refractivity contribution in [3.05, 3.63) is 0 Å². The number of nitrogens with two attached hydrogens (primary N) is 1. The normalized spacial score (nSPS) is 25.9. The van der Waals surface area contributed by atoms with Crippen molar-refractivity contribution < 1.29 is 19.2 Å². The second kappa shape index (κ2) is 7.63. The van der Waals surface area contributed by atoms with Crippen LogP contribution in [0.4, 0.5) is 0 Å². The first-order valence-corrected chi connectivity index (χ1v) is 8.54. The van der Waals surface area contributed by atoms with Crippen molar-refractivity contribution in [3.63, 3.8) is 0 Å². The molecule has 0 bridgehead atoms. The fraction of sp³-hybridized carbons (Fsp3) is 0.750. The molecule has 8 nitrogen and oxygen atoms in total. The Morgan fingerprint density at radius 2 is 2.08 bits per heavy atom. The Morgan fingerprint density at radius 3 is 2.62 bits per heavy atom. The van der Waals surface area contributed by atoms with Gasteiger partial charge in [-0.3, -0.25) is 19.2 Å². The molecule has 2 rings (SSSR count). The molecular weight excluding hydrogens is 312 g/mol. The summed E-state index contributed by atoms with van der Waals surface area (Å²) >= 11 is 0. The van der Waals surface area contributed by atoms with Crippen molar-refractivity contribution in [2.75, 3.05) is 6.54 Å². The summed E-state index contributed by atoms with van der Waals surface area (Å²) in [6, 6.07) is -1.92. The third-order valence-corrected chi connectivity index (χ3v) is 4.95. The Bertz CT molecular complexity index is 536. The van der Waals surface area contributed by atoms with Crippen molar-refractivity contribution in [3.8, 4) is 0 Å². The maximum absolute atomic E-state index is 12.9. The molecule has 2 saturated heterocycles. The van der Waals surface area contributed by atoms with Crippen LogP contribution >= 0.6 is 0 Å². The number of hydrogen-bond donors (Lipinski definition) is 3. The van der Waals surface area contributed by atoms with Crippen molar-refractivity contribution >= 4 is 23.6 Å². The summed E-state index contributed by atoms with van der Waals surface area (Å²) < 4.78 is 0. The van der Waals surface area contributed by atoms with Crippen LogP contribution in [-0.4, -0.2) is 53.2 Å². The molecule has 134 valence electrons. The van der Waals surface area contributed by atoms with Crippen LogP contribution in [0, 0.1) is 5.92 Å². The summed E-state index contributed by atoms with van der Waals surface area (Å²) in [7, 11) is 0. The SMILES string of the molecule is CC[C@H](C)[C@H](NC(=O)[C@@H]1CCC(=O)N1)C(=O)N1CCC[C@H]1C(N)=O. The molecule has 4 amide bonds. The van der Waals surface area contributed by atoms with E-state index >= 15 is 0 Å². The molecule has 24 heavy (non-hydrogen) atoms. The van der Waals surface area contributed by atoms with Crippen LogP contribution in [0.5, 0.6) is 0 Å². The van der Waals surface area contributed by atoms with Crippen molar-refractivity contribution in [2.45, 2.75) is 64.1 Å². The van der Waals surface area contributed by atoms with Crippen LogP contribution in [0.25, 0.3) is 0 Å². The Labute approximate surface area is 141 Å². The van der Waals surface area contributed by atoms with E-state index < -0.39 is 24.0 Å². The molecule has 4 atom stereocenters. The highest BCUT2D eigenvalue weighted by molar-refractivity contribution is 5.95. The summed E-state index contributed by atoms with van der Waals surface area (Å²) in [6.07, 6.45) is 2.72. The van der Waals surface area contributed by atoms with Crippen LogP contribution < -0.4 is 16.4 Å². The lowest BCUT2D eigenvalue weighted by Crippen LogP contribution is -2.57. The van der Waals surface area contributed by atoms with Gasteiger partial charge in [0.05, 0.1) is 0 Å². The summed E-state index contributed by atoms with van der Waals surface area (Å²) in [5, 5.41) is 5.37. The lowest BCUT2D eigenvalue weighted by molar-refractivity contribution is -0.142. The number of nitrogens with one attached hydrogen (secondary N) is 2. The molecule has 4 N–H and O–H groups in total. The number of carbonyl (C=O) groups excluding carboxylic acids is 4. The number of hydrogen-bond acceptors (Lipinski definition) is 4. The van der Waals surface area contributed by atoms with Gasteiger partial charge >= 0.3 is 0 Å². The summed E-state index contributed by atoms with van der Waals surface area (Å²) in [5.74, 6) is -1.39. The Balaban J connectivity index is 2.10. The molecule has 0 aromatic carbocycles. The number of nitrogens with zero attached hydrogens (tertiary/aromatic N) is 1. The van der Waals surface area contributed by atoms with Crippen molar-refractivity contribution in [1.29, 1.82) is 0 Å². The molecule has 0 unspecified atom stereocenters. The van der Waals surface area contributed by atoms with E-state index in [4.69, 9.17) is 5.73 Å². The molecule has 0 aromatic rings. The summed E-state index contributed by atoms with van der Waals surface area (Å²) in [6.45, 7) is 4.28. The third-order valence-electron chi connectivity index (χ3n) is 4.95. The zero-order valence-electron chi connectivity index (χ0n) is 14.2. The first kappa shape index (κ1) is 18.2. The van der Waals surface area contributed by atoms with Gasteiger partial charge in [-0.15, -0.1) is 0 Å². The Hall–Kier alpha value is -2.12. The monoisotopic (exact) mass is 338 g/mol. The van der Waals surface area contributed by atoms with E-state index in [2.05, 4.69) is 10.6 Å². The zero-order valence-corrected chi connectivity index (χ0v) is 14.2. The minimum atomic E-state index is -0.722. The van der Waals surface area contributed by atoms with E-state index in [0.29, 0.717) is 32.2 Å². The zero-order chi connectivity index (χ0) is 17.9. The lowest BCUT2D eigenvalue weighted by Gasteiger charge is -2.31. The molecule has 2 heterocycles. The van der Waals surface area contributed by atoms with Crippen molar-refractivity contribution in [1.82, 2.24) is 15.5 Å². The summed E-state index contributed by atoms with van der Waals surface area (Å²) in [4.78, 5) is 49.6. The predicted octanol–water partition coefficient (Wildman–Crippen LogP) is -0.728. The average Bonchev–Trinajstić information content (AvgIpc) is 3.19. The van der Waals surface area contributed by atoms with E-state index in [-0.39, 0.29) is 23.6 Å². The molecule has 0 saturated carbocycles. The molecule has 8 heteroatoms. The largest absolute Gasteiger partial charge is 0.368 e. The van der Waals surface area contributed by atoms with E-state index in [1.54, 1.807) is 0 Å². The second-order valence-electron chi connectivity index (χ2n) is 6.62. The molecule has 2 aliphatic rings. The van der Waals surface area contributed by atoms with Gasteiger partial charge in [-0.2, -0.15) is 0 Å². The van der Waals surface area contributed by atoms with E-state index in [9.17, 15) is 19.2 Å². The lowest BCUT2D eigenvalue weighted by atomic mass is 9.97. The van der Waals surface area contributed by atoms with Crippen molar-refractivity contribution in [2.24, 2.45) is 11.7 Å². The quantitative estimate of drug-likeness (QED) is 0.591. The van der Waals surface area contributed by atoms with E-state index in [1.165, 1.54) is 4.90 Å². The van der Waals surface area contributed by atoms with Crippen LogP contribution in [0.3, 0.4) is 0 Å². The third kappa shape index (κ3) is 3.85. The van der Waals surface area contributed by atoms with Crippen LogP contribution in [0.15, 0.2) is 0 Å². The highest BCUT2D eigenvalue weighted by Crippen LogP contribution is 2.21. The minimum absolute atomic E-state index is 0.0901. The number of amides is 4. The van der Waals surface area contributed by atoms with Gasteiger partial charge in [-0.1, -0.05) is 20.3 Å². The fourth-order valence-electron chi connectivity index (χ4n) is 3.25. The maximum Gasteiger partial charge on any atom is 0.246 e. The molecule has 2 fully saturated rings. The highest BCUT2D eigenvalue weighted by Gasteiger charge is 2.39. The van der Waals surface area contributed by atoms with Gasteiger partial charge in [0, 0.05) is 13.0 Å². The van der Waals surface area contributed by atoms with Gasteiger partial charge in [0.25, 0.3) is 0 Å². The van der Waals surface area contributed by atoms with Crippen LogP contribution in [-0.2, 0) is 19.2 Å². The maximum atomic E-state index is 12.9. The Kier molecular flexibility index (Phi) is 5.80. The van der Waals surface area contributed by atoms with Gasteiger partial charge in [0.2, 0.25) is 23.6 Å². The van der Waals surface area contributed by atoms with Gasteiger partial charge < -0.3 is 21.3 Å². The second-order valence-corrected chi connectivity index (χ2v) is 6.62. The van der Waals surface area contributed by atoms with Gasteiger partial charge in [-0.05, 0) is 25.2 Å². The number of rotatable bonds is 6. The fourth-order valence-corrected chi connectivity index (χ4v) is 3.25. The van der Waals surface area contributed by atoms with Gasteiger partial charge in [0.15, 0.2) is 0 Å². The Morgan fingerprint density at radius 1 is 1.38 bits per heavy atom. The molecule has 0 spiro atoms. The molecule has 0 aromatic heterocycles. The van der Waals surface area contributed by atoms with E-state index in [1.807, 2.05) is 13.8 Å². The first-order valence-electron chi connectivity index (χ1n) is 8.54. The molecule has 2 aliphatic heterocycles. The molecule has 0 aliphatic carbocycles. The number of likely N-dealkylation sites (tertiary alicyclic amines) is 1. The highest BCUT2D eigenvalue weighted by atomic mass is 16.2. The topological polar surface area (TPSA) is 122 Å². The molecular formula is C16H26N4O4. The van der Waals surface area contributed by atoms with Gasteiger partial charge in [0.1, 0.15) is 18.1 Å². The van der Waals surface area contributed by atoms with Gasteiger partial charge in [-0.25, -0.2) is 0 Å². The minimum Gasteiger partial charge on any atom is -0.368 e. The number of carbonyl (C=O) groups is 4. The van der Waals surface area contributed by atoms with E-state index in [0.717, 1.165) is 6.42 Å². The first-order chi connectivity index (χ1) is 11.3. The number of primary amides is 1. The molecule has 0 radical (unpaired) electrons.